The van der Waals surface area contributed by atoms with E-state index in [2.05, 4.69) is 37.4 Å². The van der Waals surface area contributed by atoms with Gasteiger partial charge >= 0.3 is 5.97 Å². The number of aryl methyl sites for hydroxylation is 2. The maximum absolute atomic E-state index is 11.8. The summed E-state index contributed by atoms with van der Waals surface area (Å²) in [6.45, 7) is 7.29. The lowest BCUT2D eigenvalue weighted by Crippen LogP contribution is -2.40. The molecule has 2 N–H and O–H groups in total. The van der Waals surface area contributed by atoms with E-state index in [9.17, 15) is 9.90 Å². The molecule has 0 amide bonds. The lowest BCUT2D eigenvalue weighted by atomic mass is 9.78. The fourth-order valence-electron chi connectivity index (χ4n) is 4.18. The molecule has 1 aliphatic carbocycles. The van der Waals surface area contributed by atoms with Gasteiger partial charge in [-0.1, -0.05) is 38.8 Å². The summed E-state index contributed by atoms with van der Waals surface area (Å²) < 4.78 is 1.81. The van der Waals surface area contributed by atoms with Crippen molar-refractivity contribution in [3.63, 3.8) is 0 Å². The number of aromatic carboxylic acids is 1. The highest BCUT2D eigenvalue weighted by Crippen LogP contribution is 2.31. The maximum Gasteiger partial charge on any atom is 0.352 e. The molecule has 0 spiro atoms. The zero-order chi connectivity index (χ0) is 17.4. The fourth-order valence-corrected chi connectivity index (χ4v) is 4.18. The van der Waals surface area contributed by atoms with Crippen LogP contribution in [-0.4, -0.2) is 21.7 Å². The zero-order valence-corrected chi connectivity index (χ0v) is 15.1. The average molecular weight is 328 g/mol. The van der Waals surface area contributed by atoms with Crippen LogP contribution in [0.5, 0.6) is 0 Å². The molecule has 130 valence electrons. The van der Waals surface area contributed by atoms with Crippen LogP contribution in [0, 0.1) is 18.8 Å². The van der Waals surface area contributed by atoms with Crippen LogP contribution in [0.15, 0.2) is 18.2 Å². The summed E-state index contributed by atoms with van der Waals surface area (Å²) in [5.41, 5.74) is 3.45. The first-order chi connectivity index (χ1) is 11.4. The second-order valence-corrected chi connectivity index (χ2v) is 7.47. The number of aromatic nitrogens is 1. The number of carbonyl (C=O) groups is 1. The van der Waals surface area contributed by atoms with Gasteiger partial charge in [-0.25, -0.2) is 4.79 Å². The summed E-state index contributed by atoms with van der Waals surface area (Å²) in [4.78, 5) is 11.8. The van der Waals surface area contributed by atoms with Crippen LogP contribution >= 0.6 is 0 Å². The number of fused-ring (bicyclic) bond motifs is 1. The van der Waals surface area contributed by atoms with E-state index in [0.29, 0.717) is 24.2 Å². The molecule has 0 aliphatic heterocycles. The van der Waals surface area contributed by atoms with Crippen LogP contribution in [-0.2, 0) is 13.6 Å². The zero-order valence-electron chi connectivity index (χ0n) is 15.1. The number of hydrogen-bond acceptors (Lipinski definition) is 2. The largest absolute Gasteiger partial charge is 0.477 e. The summed E-state index contributed by atoms with van der Waals surface area (Å²) in [5, 5.41) is 14.4. The topological polar surface area (TPSA) is 54.3 Å². The van der Waals surface area contributed by atoms with Crippen LogP contribution in [0.2, 0.25) is 0 Å². The number of carboxylic acids is 1. The third-order valence-electron chi connectivity index (χ3n) is 5.91. The second kappa shape index (κ2) is 6.60. The normalized spacial score (nSPS) is 24.4. The van der Waals surface area contributed by atoms with Crippen LogP contribution in [0.1, 0.15) is 54.7 Å². The summed E-state index contributed by atoms with van der Waals surface area (Å²) in [6, 6.07) is 6.65. The number of hydrogen-bond donors (Lipinski definition) is 2. The standard InChI is InChI=1S/C20H28N2O2/c1-12-8-9-15-16(19(20(23)24)22(4)18(15)10-12)11-21-17-7-5-6-13(2)14(17)3/h8-10,13-14,17,21H,5-7,11H2,1-4H3,(H,23,24)/t13-,14+,17-/m1/s1. The molecular weight excluding hydrogens is 300 g/mol. The van der Waals surface area contributed by atoms with Crippen molar-refractivity contribution in [2.24, 2.45) is 18.9 Å². The molecule has 1 fully saturated rings. The summed E-state index contributed by atoms with van der Waals surface area (Å²) >= 11 is 0. The van der Waals surface area contributed by atoms with Crippen molar-refractivity contribution in [3.8, 4) is 0 Å². The molecule has 2 aromatic rings. The Hall–Kier alpha value is -1.81. The molecule has 3 atom stereocenters. The van der Waals surface area contributed by atoms with Crippen LogP contribution in [0.4, 0.5) is 0 Å². The van der Waals surface area contributed by atoms with Crippen molar-refractivity contribution in [1.29, 1.82) is 0 Å². The molecule has 0 radical (unpaired) electrons. The van der Waals surface area contributed by atoms with Gasteiger partial charge in [0.05, 0.1) is 0 Å². The van der Waals surface area contributed by atoms with E-state index < -0.39 is 5.97 Å². The van der Waals surface area contributed by atoms with Crippen molar-refractivity contribution in [2.45, 2.75) is 52.6 Å². The van der Waals surface area contributed by atoms with Gasteiger partial charge in [-0.3, -0.25) is 0 Å². The summed E-state index contributed by atoms with van der Waals surface area (Å²) in [7, 11) is 1.85. The van der Waals surface area contributed by atoms with Crippen molar-refractivity contribution in [3.05, 3.63) is 35.0 Å². The summed E-state index contributed by atoms with van der Waals surface area (Å²) in [5.74, 6) is 0.503. The van der Waals surface area contributed by atoms with Crippen LogP contribution in [0.3, 0.4) is 0 Å². The van der Waals surface area contributed by atoms with E-state index in [1.54, 1.807) is 0 Å². The minimum atomic E-state index is -0.854. The van der Waals surface area contributed by atoms with E-state index in [1.807, 2.05) is 18.5 Å². The van der Waals surface area contributed by atoms with E-state index in [1.165, 1.54) is 19.3 Å². The quantitative estimate of drug-likeness (QED) is 0.888. The number of rotatable bonds is 4. The minimum absolute atomic E-state index is 0.402. The number of nitrogens with one attached hydrogen (secondary N) is 1. The maximum atomic E-state index is 11.8. The van der Waals surface area contributed by atoms with Crippen LogP contribution < -0.4 is 5.32 Å². The minimum Gasteiger partial charge on any atom is -0.477 e. The molecule has 1 saturated carbocycles. The van der Waals surface area contributed by atoms with Gasteiger partial charge in [0.2, 0.25) is 0 Å². The molecule has 1 aliphatic rings. The predicted octanol–water partition coefficient (Wildman–Crippen LogP) is 4.10. The third-order valence-corrected chi connectivity index (χ3v) is 5.91. The summed E-state index contributed by atoms with van der Waals surface area (Å²) in [6.07, 6.45) is 3.73. The first kappa shape index (κ1) is 17.0. The molecular formula is C20H28N2O2. The molecule has 4 nitrogen and oxygen atoms in total. The van der Waals surface area contributed by atoms with E-state index in [-0.39, 0.29) is 0 Å². The molecule has 0 saturated heterocycles. The average Bonchev–Trinajstić information content (AvgIpc) is 2.81. The highest BCUT2D eigenvalue weighted by atomic mass is 16.4. The Balaban J connectivity index is 1.93. The van der Waals surface area contributed by atoms with Gasteiger partial charge in [0, 0.05) is 36.1 Å². The third kappa shape index (κ3) is 2.95. The SMILES string of the molecule is Cc1ccc2c(CN[C@@H]3CCC[C@@H](C)[C@@H]3C)c(C(=O)O)n(C)c2c1. The Morgan fingerprint density at radius 2 is 2.08 bits per heavy atom. The van der Waals surface area contributed by atoms with Gasteiger partial charge in [0.25, 0.3) is 0 Å². The first-order valence-electron chi connectivity index (χ1n) is 8.94. The molecule has 24 heavy (non-hydrogen) atoms. The molecule has 1 aromatic carbocycles. The van der Waals surface area contributed by atoms with E-state index in [0.717, 1.165) is 27.9 Å². The molecule has 4 heteroatoms. The Morgan fingerprint density at radius 1 is 1.33 bits per heavy atom. The Morgan fingerprint density at radius 3 is 2.79 bits per heavy atom. The Labute approximate surface area is 143 Å². The molecule has 1 heterocycles. The fraction of sp³-hybridized carbons (Fsp3) is 0.550. The first-order valence-corrected chi connectivity index (χ1v) is 8.94. The molecule has 1 aromatic heterocycles. The van der Waals surface area contributed by atoms with Gasteiger partial charge in [-0.15, -0.1) is 0 Å². The van der Waals surface area contributed by atoms with Gasteiger partial charge in [0.1, 0.15) is 5.69 Å². The lowest BCUT2D eigenvalue weighted by molar-refractivity contribution is 0.0685. The lowest BCUT2D eigenvalue weighted by Gasteiger charge is -2.34. The van der Waals surface area contributed by atoms with E-state index in [4.69, 9.17) is 0 Å². The second-order valence-electron chi connectivity index (χ2n) is 7.47. The van der Waals surface area contributed by atoms with Crippen molar-refractivity contribution in [1.82, 2.24) is 9.88 Å². The molecule has 0 unspecified atom stereocenters. The number of benzene rings is 1. The molecule has 3 rings (SSSR count). The highest BCUT2D eigenvalue weighted by Gasteiger charge is 2.28. The number of nitrogens with zero attached hydrogens (tertiary/aromatic N) is 1. The van der Waals surface area contributed by atoms with Crippen LogP contribution in [0.25, 0.3) is 10.9 Å². The van der Waals surface area contributed by atoms with Gasteiger partial charge in [-0.05, 0) is 36.8 Å². The molecule has 0 bridgehead atoms. The van der Waals surface area contributed by atoms with E-state index >= 15 is 0 Å². The van der Waals surface area contributed by atoms with Crippen molar-refractivity contribution >= 4 is 16.9 Å². The number of carboxylic acid groups (broad SMARTS) is 1. The van der Waals surface area contributed by atoms with Gasteiger partial charge in [0.15, 0.2) is 0 Å². The van der Waals surface area contributed by atoms with Crippen molar-refractivity contribution < 1.29 is 9.90 Å². The Bertz CT molecular complexity index is 763. The highest BCUT2D eigenvalue weighted by molar-refractivity contribution is 5.98. The Kier molecular flexibility index (Phi) is 4.68. The van der Waals surface area contributed by atoms with Gasteiger partial charge < -0.3 is 15.0 Å². The monoisotopic (exact) mass is 328 g/mol. The predicted molar refractivity (Wildman–Crippen MR) is 97.4 cm³/mol. The smallest absolute Gasteiger partial charge is 0.352 e. The van der Waals surface area contributed by atoms with Gasteiger partial charge in [-0.2, -0.15) is 0 Å². The van der Waals surface area contributed by atoms with Crippen molar-refractivity contribution in [2.75, 3.05) is 0 Å².